The van der Waals surface area contributed by atoms with E-state index in [0.717, 1.165) is 19.0 Å². The lowest BCUT2D eigenvalue weighted by Gasteiger charge is -2.13. The molecule has 4 nitrogen and oxygen atoms in total. The highest BCUT2D eigenvalue weighted by molar-refractivity contribution is 14.0. The van der Waals surface area contributed by atoms with E-state index in [0.29, 0.717) is 6.54 Å². The van der Waals surface area contributed by atoms with Crippen molar-refractivity contribution in [3.63, 3.8) is 0 Å². The molecule has 1 aromatic rings. The van der Waals surface area contributed by atoms with Crippen molar-refractivity contribution in [1.29, 1.82) is 0 Å². The number of nitrogens with one attached hydrogen (secondary N) is 2. The van der Waals surface area contributed by atoms with Crippen LogP contribution in [0.15, 0.2) is 29.3 Å². The second-order valence-corrected chi connectivity index (χ2v) is 4.29. The van der Waals surface area contributed by atoms with Crippen molar-refractivity contribution in [1.82, 2.24) is 10.6 Å². The number of guanidine groups is 1. The Morgan fingerprint density at radius 1 is 1.16 bits per heavy atom. The molecule has 0 saturated carbocycles. The van der Waals surface area contributed by atoms with Gasteiger partial charge in [-0.15, -0.1) is 24.0 Å². The molecule has 1 aromatic carbocycles. The van der Waals surface area contributed by atoms with Crippen LogP contribution in [0.3, 0.4) is 0 Å². The SMILES string of the molecule is CCNC(=NCc1cccc(N(C)C)c1)NCC.I. The number of halogens is 1. The minimum absolute atomic E-state index is 0. The molecule has 0 aliphatic heterocycles. The fourth-order valence-corrected chi connectivity index (χ4v) is 1.61. The molecule has 0 unspecified atom stereocenters. The predicted molar refractivity (Wildman–Crippen MR) is 94.7 cm³/mol. The van der Waals surface area contributed by atoms with E-state index in [4.69, 9.17) is 0 Å². The quantitative estimate of drug-likeness (QED) is 0.471. The predicted octanol–water partition coefficient (Wildman–Crippen LogP) is 2.45. The van der Waals surface area contributed by atoms with Gasteiger partial charge in [-0.1, -0.05) is 12.1 Å². The Labute approximate surface area is 133 Å². The molecule has 0 aromatic heterocycles. The van der Waals surface area contributed by atoms with Crippen LogP contribution < -0.4 is 15.5 Å². The van der Waals surface area contributed by atoms with Gasteiger partial charge < -0.3 is 15.5 Å². The van der Waals surface area contributed by atoms with Crippen molar-refractivity contribution in [3.8, 4) is 0 Å². The van der Waals surface area contributed by atoms with Gasteiger partial charge in [0.2, 0.25) is 0 Å². The van der Waals surface area contributed by atoms with Gasteiger partial charge >= 0.3 is 0 Å². The molecule has 0 heterocycles. The van der Waals surface area contributed by atoms with Crippen LogP contribution in [0, 0.1) is 0 Å². The molecule has 0 fully saturated rings. The number of aliphatic imine (C=N–C) groups is 1. The highest BCUT2D eigenvalue weighted by atomic mass is 127. The highest BCUT2D eigenvalue weighted by Gasteiger charge is 1.98. The monoisotopic (exact) mass is 376 g/mol. The molecule has 0 aliphatic rings. The van der Waals surface area contributed by atoms with E-state index in [1.54, 1.807) is 0 Å². The Kier molecular flexibility index (Phi) is 9.38. The molecule has 0 atom stereocenters. The molecule has 0 amide bonds. The third kappa shape index (κ3) is 6.66. The molecule has 0 aliphatic carbocycles. The zero-order chi connectivity index (χ0) is 13.4. The molecule has 1 rings (SSSR count). The van der Waals surface area contributed by atoms with Crippen molar-refractivity contribution < 1.29 is 0 Å². The summed E-state index contributed by atoms with van der Waals surface area (Å²) in [4.78, 5) is 6.65. The summed E-state index contributed by atoms with van der Waals surface area (Å²) in [7, 11) is 4.09. The number of anilines is 1. The summed E-state index contributed by atoms with van der Waals surface area (Å²) in [6.45, 7) is 6.59. The van der Waals surface area contributed by atoms with Crippen LogP contribution in [0.4, 0.5) is 5.69 Å². The Morgan fingerprint density at radius 2 is 1.79 bits per heavy atom. The van der Waals surface area contributed by atoms with Crippen LogP contribution in [-0.4, -0.2) is 33.1 Å². The van der Waals surface area contributed by atoms with Gasteiger partial charge in [0.25, 0.3) is 0 Å². The van der Waals surface area contributed by atoms with E-state index in [1.165, 1.54) is 11.3 Å². The second-order valence-electron chi connectivity index (χ2n) is 4.29. The van der Waals surface area contributed by atoms with Crippen LogP contribution in [-0.2, 0) is 6.54 Å². The number of benzene rings is 1. The van der Waals surface area contributed by atoms with Gasteiger partial charge in [-0.25, -0.2) is 4.99 Å². The number of nitrogens with zero attached hydrogens (tertiary/aromatic N) is 2. The van der Waals surface area contributed by atoms with Crippen LogP contribution in [0.2, 0.25) is 0 Å². The lowest BCUT2D eigenvalue weighted by atomic mass is 10.2. The molecule has 19 heavy (non-hydrogen) atoms. The Bertz CT molecular complexity index is 383. The van der Waals surface area contributed by atoms with E-state index in [2.05, 4.69) is 58.6 Å². The van der Waals surface area contributed by atoms with E-state index in [-0.39, 0.29) is 24.0 Å². The summed E-state index contributed by atoms with van der Waals surface area (Å²) in [6.07, 6.45) is 0. The molecule has 2 N–H and O–H groups in total. The summed E-state index contributed by atoms with van der Waals surface area (Å²) in [6, 6.07) is 8.44. The Hall–Kier alpha value is -0.980. The van der Waals surface area contributed by atoms with Crippen molar-refractivity contribution >= 4 is 35.6 Å². The van der Waals surface area contributed by atoms with E-state index < -0.39 is 0 Å². The fraction of sp³-hybridized carbons (Fsp3) is 0.500. The minimum Gasteiger partial charge on any atom is -0.378 e. The molecular weight excluding hydrogens is 351 g/mol. The van der Waals surface area contributed by atoms with E-state index in [9.17, 15) is 0 Å². The molecule has 108 valence electrons. The molecule has 0 saturated heterocycles. The normalized spacial score (nSPS) is 9.26. The fourth-order valence-electron chi connectivity index (χ4n) is 1.61. The van der Waals surface area contributed by atoms with Gasteiger partial charge in [0, 0.05) is 32.9 Å². The van der Waals surface area contributed by atoms with Crippen LogP contribution in [0.25, 0.3) is 0 Å². The first-order valence-electron chi connectivity index (χ1n) is 6.45. The van der Waals surface area contributed by atoms with Crippen molar-refractivity contribution in [3.05, 3.63) is 29.8 Å². The Morgan fingerprint density at radius 3 is 2.32 bits per heavy atom. The summed E-state index contributed by atoms with van der Waals surface area (Å²) in [5.41, 5.74) is 2.42. The molecule has 0 bridgehead atoms. The van der Waals surface area contributed by atoms with E-state index >= 15 is 0 Å². The summed E-state index contributed by atoms with van der Waals surface area (Å²) in [5.74, 6) is 0.871. The van der Waals surface area contributed by atoms with Crippen LogP contribution >= 0.6 is 24.0 Å². The van der Waals surface area contributed by atoms with Crippen molar-refractivity contribution in [2.45, 2.75) is 20.4 Å². The zero-order valence-electron chi connectivity index (χ0n) is 12.2. The van der Waals surface area contributed by atoms with Gasteiger partial charge in [0.15, 0.2) is 5.96 Å². The largest absolute Gasteiger partial charge is 0.378 e. The maximum Gasteiger partial charge on any atom is 0.191 e. The van der Waals surface area contributed by atoms with Gasteiger partial charge in [-0.05, 0) is 31.5 Å². The first kappa shape index (κ1) is 18.0. The van der Waals surface area contributed by atoms with Crippen LogP contribution in [0.5, 0.6) is 0 Å². The molecule has 0 spiro atoms. The average Bonchev–Trinajstić information content (AvgIpc) is 2.37. The van der Waals surface area contributed by atoms with Gasteiger partial charge in [-0.3, -0.25) is 0 Å². The third-order valence-electron chi connectivity index (χ3n) is 2.54. The summed E-state index contributed by atoms with van der Waals surface area (Å²) < 4.78 is 0. The zero-order valence-corrected chi connectivity index (χ0v) is 14.6. The molecular formula is C14H25IN4. The summed E-state index contributed by atoms with van der Waals surface area (Å²) in [5, 5.41) is 6.44. The van der Waals surface area contributed by atoms with Crippen molar-refractivity contribution in [2.24, 2.45) is 4.99 Å². The lowest BCUT2D eigenvalue weighted by molar-refractivity contribution is 0.839. The molecule has 0 radical (unpaired) electrons. The minimum atomic E-state index is 0. The number of hydrogen-bond donors (Lipinski definition) is 2. The maximum absolute atomic E-state index is 4.55. The second kappa shape index (κ2) is 9.89. The van der Waals surface area contributed by atoms with Crippen molar-refractivity contribution in [2.75, 3.05) is 32.1 Å². The standard InChI is InChI=1S/C14H24N4.HI/c1-5-15-14(16-6-2)17-11-12-8-7-9-13(10-12)18(3)4;/h7-10H,5-6,11H2,1-4H3,(H2,15,16,17);1H. The summed E-state index contributed by atoms with van der Waals surface area (Å²) >= 11 is 0. The smallest absolute Gasteiger partial charge is 0.191 e. The van der Waals surface area contributed by atoms with Crippen LogP contribution in [0.1, 0.15) is 19.4 Å². The number of hydrogen-bond acceptors (Lipinski definition) is 2. The Balaban J connectivity index is 0.00000324. The van der Waals surface area contributed by atoms with Gasteiger partial charge in [-0.2, -0.15) is 0 Å². The first-order chi connectivity index (χ1) is 8.67. The lowest BCUT2D eigenvalue weighted by Crippen LogP contribution is -2.36. The third-order valence-corrected chi connectivity index (χ3v) is 2.54. The van der Waals surface area contributed by atoms with E-state index in [1.807, 2.05) is 14.1 Å². The van der Waals surface area contributed by atoms with Gasteiger partial charge in [0.05, 0.1) is 6.54 Å². The highest BCUT2D eigenvalue weighted by Crippen LogP contribution is 2.13. The number of rotatable bonds is 5. The molecule has 5 heteroatoms. The van der Waals surface area contributed by atoms with Gasteiger partial charge in [0.1, 0.15) is 0 Å². The topological polar surface area (TPSA) is 39.7 Å². The maximum atomic E-state index is 4.55. The average molecular weight is 376 g/mol. The first-order valence-corrected chi connectivity index (χ1v) is 6.45.